The number of carbonyl (C=O) groups is 3. The number of carbonyl (C=O) groups excluding carboxylic acids is 3. The Labute approximate surface area is 142 Å². The molecular formula is C18H25N3O3. The monoisotopic (exact) mass is 331 g/mol. The molecule has 0 saturated heterocycles. The molecule has 130 valence electrons. The van der Waals surface area contributed by atoms with E-state index in [9.17, 15) is 14.4 Å². The Morgan fingerprint density at radius 3 is 2.29 bits per heavy atom. The number of hydrogen-bond acceptors (Lipinski definition) is 3. The molecule has 1 aromatic rings. The molecule has 0 heterocycles. The molecule has 0 radical (unpaired) electrons. The van der Waals surface area contributed by atoms with Crippen molar-refractivity contribution in [1.29, 1.82) is 0 Å². The minimum absolute atomic E-state index is 0.00971. The van der Waals surface area contributed by atoms with Gasteiger partial charge in [0.1, 0.15) is 0 Å². The predicted octanol–water partition coefficient (Wildman–Crippen LogP) is 1.96. The fourth-order valence-electron chi connectivity index (χ4n) is 2.85. The maximum absolute atomic E-state index is 12.0. The minimum Gasteiger partial charge on any atom is -0.350 e. The summed E-state index contributed by atoms with van der Waals surface area (Å²) in [7, 11) is 0. The van der Waals surface area contributed by atoms with E-state index in [4.69, 9.17) is 0 Å². The fraction of sp³-hybridized carbons (Fsp3) is 0.500. The van der Waals surface area contributed by atoms with Gasteiger partial charge in [-0.3, -0.25) is 14.4 Å². The molecule has 3 amide bonds. The van der Waals surface area contributed by atoms with Gasteiger partial charge in [-0.2, -0.15) is 0 Å². The highest BCUT2D eigenvalue weighted by Crippen LogP contribution is 2.23. The second-order valence-electron chi connectivity index (χ2n) is 6.21. The summed E-state index contributed by atoms with van der Waals surface area (Å²) in [4.78, 5) is 34.8. The molecule has 24 heavy (non-hydrogen) atoms. The molecule has 0 bridgehead atoms. The third-order valence-corrected chi connectivity index (χ3v) is 4.16. The molecule has 0 unspecified atom stereocenters. The Morgan fingerprint density at radius 1 is 1.00 bits per heavy atom. The number of benzene rings is 1. The van der Waals surface area contributed by atoms with E-state index in [0.29, 0.717) is 6.54 Å². The van der Waals surface area contributed by atoms with Gasteiger partial charge in [0.05, 0.1) is 6.54 Å². The molecule has 0 aliphatic heterocycles. The molecule has 6 heteroatoms. The summed E-state index contributed by atoms with van der Waals surface area (Å²) in [5, 5.41) is 8.18. The van der Waals surface area contributed by atoms with Gasteiger partial charge in [0, 0.05) is 25.1 Å². The van der Waals surface area contributed by atoms with Gasteiger partial charge >= 0.3 is 0 Å². The van der Waals surface area contributed by atoms with Crippen molar-refractivity contribution < 1.29 is 14.4 Å². The molecule has 1 fully saturated rings. The van der Waals surface area contributed by atoms with Gasteiger partial charge < -0.3 is 16.0 Å². The SMILES string of the molecule is CC(=O)Nc1ccc(CNC(=O)CNC(=O)C2CCCCC2)cc1. The lowest BCUT2D eigenvalue weighted by Gasteiger charge is -2.20. The summed E-state index contributed by atoms with van der Waals surface area (Å²) in [6.45, 7) is 1.85. The van der Waals surface area contributed by atoms with Crippen molar-refractivity contribution in [1.82, 2.24) is 10.6 Å². The van der Waals surface area contributed by atoms with Crippen molar-refractivity contribution in [2.45, 2.75) is 45.6 Å². The first-order valence-electron chi connectivity index (χ1n) is 8.45. The second-order valence-corrected chi connectivity index (χ2v) is 6.21. The first-order valence-corrected chi connectivity index (χ1v) is 8.45. The van der Waals surface area contributed by atoms with Crippen LogP contribution in [0.2, 0.25) is 0 Å². The second kappa shape index (κ2) is 9.05. The van der Waals surface area contributed by atoms with Crippen LogP contribution in [0.25, 0.3) is 0 Å². The van der Waals surface area contributed by atoms with Crippen LogP contribution in [0.1, 0.15) is 44.6 Å². The van der Waals surface area contributed by atoms with Gasteiger partial charge in [0.15, 0.2) is 0 Å². The Hall–Kier alpha value is -2.37. The molecule has 0 spiro atoms. The van der Waals surface area contributed by atoms with Crippen LogP contribution < -0.4 is 16.0 Å². The maximum Gasteiger partial charge on any atom is 0.239 e. The minimum atomic E-state index is -0.204. The summed E-state index contributed by atoms with van der Waals surface area (Å²) in [6, 6.07) is 7.25. The zero-order chi connectivity index (χ0) is 17.4. The van der Waals surface area contributed by atoms with E-state index in [2.05, 4.69) is 16.0 Å². The van der Waals surface area contributed by atoms with Crippen molar-refractivity contribution in [2.24, 2.45) is 5.92 Å². The fourth-order valence-corrected chi connectivity index (χ4v) is 2.85. The molecule has 1 aromatic carbocycles. The third-order valence-electron chi connectivity index (χ3n) is 4.16. The smallest absolute Gasteiger partial charge is 0.239 e. The highest BCUT2D eigenvalue weighted by atomic mass is 16.2. The largest absolute Gasteiger partial charge is 0.350 e. The van der Waals surface area contributed by atoms with Crippen molar-refractivity contribution in [3.63, 3.8) is 0 Å². The van der Waals surface area contributed by atoms with Crippen molar-refractivity contribution >= 4 is 23.4 Å². The molecule has 2 rings (SSSR count). The van der Waals surface area contributed by atoms with Crippen molar-refractivity contribution in [3.05, 3.63) is 29.8 Å². The van der Waals surface area contributed by atoms with Crippen molar-refractivity contribution in [2.75, 3.05) is 11.9 Å². The highest BCUT2D eigenvalue weighted by molar-refractivity contribution is 5.88. The average Bonchev–Trinajstić information content (AvgIpc) is 2.59. The van der Waals surface area contributed by atoms with Gasteiger partial charge in [-0.05, 0) is 30.5 Å². The molecular weight excluding hydrogens is 306 g/mol. The van der Waals surface area contributed by atoms with E-state index in [1.54, 1.807) is 12.1 Å². The van der Waals surface area contributed by atoms with Crippen LogP contribution in [0.15, 0.2) is 24.3 Å². The first kappa shape index (κ1) is 18.0. The first-order chi connectivity index (χ1) is 11.5. The van der Waals surface area contributed by atoms with Gasteiger partial charge in [0.2, 0.25) is 17.7 Å². The molecule has 1 aliphatic rings. The van der Waals surface area contributed by atoms with E-state index in [0.717, 1.165) is 36.9 Å². The van der Waals surface area contributed by atoms with E-state index in [1.165, 1.54) is 13.3 Å². The maximum atomic E-state index is 12.0. The molecule has 3 N–H and O–H groups in total. The van der Waals surface area contributed by atoms with E-state index in [1.807, 2.05) is 12.1 Å². The molecule has 1 aliphatic carbocycles. The van der Waals surface area contributed by atoms with Gasteiger partial charge in [0.25, 0.3) is 0 Å². The van der Waals surface area contributed by atoms with Crippen LogP contribution in [0.5, 0.6) is 0 Å². The summed E-state index contributed by atoms with van der Waals surface area (Å²) in [5.41, 5.74) is 1.65. The quantitative estimate of drug-likeness (QED) is 0.744. The summed E-state index contributed by atoms with van der Waals surface area (Å²) in [6.07, 6.45) is 5.24. The number of nitrogens with one attached hydrogen (secondary N) is 3. The van der Waals surface area contributed by atoms with Gasteiger partial charge in [-0.1, -0.05) is 31.4 Å². The summed E-state index contributed by atoms with van der Waals surface area (Å²) >= 11 is 0. The zero-order valence-electron chi connectivity index (χ0n) is 14.1. The average molecular weight is 331 g/mol. The van der Waals surface area contributed by atoms with Crippen LogP contribution in [-0.2, 0) is 20.9 Å². The Morgan fingerprint density at radius 2 is 1.67 bits per heavy atom. The zero-order valence-corrected chi connectivity index (χ0v) is 14.1. The van der Waals surface area contributed by atoms with E-state index >= 15 is 0 Å². The predicted molar refractivity (Wildman–Crippen MR) is 92.2 cm³/mol. The lowest BCUT2D eigenvalue weighted by atomic mass is 9.89. The van der Waals surface area contributed by atoms with Crippen LogP contribution in [0.3, 0.4) is 0 Å². The van der Waals surface area contributed by atoms with Crippen LogP contribution in [-0.4, -0.2) is 24.3 Å². The molecule has 6 nitrogen and oxygen atoms in total. The molecule has 1 saturated carbocycles. The van der Waals surface area contributed by atoms with Crippen LogP contribution in [0.4, 0.5) is 5.69 Å². The van der Waals surface area contributed by atoms with E-state index in [-0.39, 0.29) is 30.2 Å². The standard InChI is InChI=1S/C18H25N3O3/c1-13(22)21-16-9-7-14(8-10-16)11-19-17(23)12-20-18(24)15-5-3-2-4-6-15/h7-10,15H,2-6,11-12H2,1H3,(H,19,23)(H,20,24)(H,21,22). The summed E-state index contributed by atoms with van der Waals surface area (Å²) in [5.74, 6) is -0.271. The number of anilines is 1. The Kier molecular flexibility index (Phi) is 6.78. The molecule has 0 atom stereocenters. The number of amides is 3. The molecule has 0 aromatic heterocycles. The Balaban J connectivity index is 1.68. The number of hydrogen-bond donors (Lipinski definition) is 3. The van der Waals surface area contributed by atoms with E-state index < -0.39 is 0 Å². The van der Waals surface area contributed by atoms with Gasteiger partial charge in [-0.15, -0.1) is 0 Å². The lowest BCUT2D eigenvalue weighted by Crippen LogP contribution is -2.39. The summed E-state index contributed by atoms with van der Waals surface area (Å²) < 4.78 is 0. The lowest BCUT2D eigenvalue weighted by molar-refractivity contribution is -0.129. The van der Waals surface area contributed by atoms with Crippen molar-refractivity contribution in [3.8, 4) is 0 Å². The highest BCUT2D eigenvalue weighted by Gasteiger charge is 2.21. The number of rotatable bonds is 6. The Bertz CT molecular complexity index is 578. The van der Waals surface area contributed by atoms with Gasteiger partial charge in [-0.25, -0.2) is 0 Å². The topological polar surface area (TPSA) is 87.3 Å². The van der Waals surface area contributed by atoms with Crippen LogP contribution in [0, 0.1) is 5.92 Å². The normalized spacial score (nSPS) is 14.7. The third kappa shape index (κ3) is 6.02. The van der Waals surface area contributed by atoms with Crippen LogP contribution >= 0.6 is 0 Å².